The number of methoxy groups -OCH3 is 1. The normalized spacial score (nSPS) is 10.6. The number of nitrogens with zero attached hydrogens (tertiary/aromatic N) is 4. The van der Waals surface area contributed by atoms with Crippen molar-refractivity contribution in [1.82, 2.24) is 19.7 Å². The predicted octanol–water partition coefficient (Wildman–Crippen LogP) is 3.60. The number of aryl methyl sites for hydroxylation is 2. The fourth-order valence-electron chi connectivity index (χ4n) is 2.59. The molecule has 5 nitrogen and oxygen atoms in total. The summed E-state index contributed by atoms with van der Waals surface area (Å²) in [6, 6.07) is 7.94. The number of aromatic nitrogens is 4. The van der Waals surface area contributed by atoms with Crippen LogP contribution in [0.25, 0.3) is 23.2 Å². The van der Waals surface area contributed by atoms with Gasteiger partial charge in [-0.2, -0.15) is 0 Å². The third kappa shape index (κ3) is 2.61. The van der Waals surface area contributed by atoms with Crippen molar-refractivity contribution in [2.75, 3.05) is 7.11 Å². The molecule has 0 saturated carbocycles. The molecule has 0 bridgehead atoms. The van der Waals surface area contributed by atoms with Crippen LogP contribution in [0.2, 0.25) is 0 Å². The average Bonchev–Trinajstić information content (AvgIpc) is 2.96. The molecule has 1 aromatic carbocycles. The van der Waals surface area contributed by atoms with E-state index in [9.17, 15) is 0 Å². The van der Waals surface area contributed by atoms with Gasteiger partial charge in [-0.3, -0.25) is 9.55 Å². The molecule has 0 aliphatic rings. The Balaban J connectivity index is 2.27. The Morgan fingerprint density at radius 2 is 2.00 bits per heavy atom. The van der Waals surface area contributed by atoms with E-state index in [0.29, 0.717) is 0 Å². The van der Waals surface area contributed by atoms with Gasteiger partial charge in [-0.1, -0.05) is 24.8 Å². The van der Waals surface area contributed by atoms with E-state index in [1.807, 2.05) is 42.7 Å². The zero-order valence-corrected chi connectivity index (χ0v) is 13.4. The fraction of sp³-hybridized carbons (Fsp3) is 0.167. The maximum atomic E-state index is 5.53. The first-order valence-corrected chi connectivity index (χ1v) is 7.29. The SMILES string of the molecule is C=Cc1cncc(-c2nnc(C)n2-c2c(C)cccc2OC)c1. The Hall–Kier alpha value is -2.95. The summed E-state index contributed by atoms with van der Waals surface area (Å²) in [6.07, 6.45) is 5.30. The summed E-state index contributed by atoms with van der Waals surface area (Å²) < 4.78 is 7.53. The summed E-state index contributed by atoms with van der Waals surface area (Å²) in [4.78, 5) is 4.26. The van der Waals surface area contributed by atoms with Gasteiger partial charge in [0.15, 0.2) is 5.82 Å². The molecule has 0 saturated heterocycles. The van der Waals surface area contributed by atoms with Gasteiger partial charge in [0.25, 0.3) is 0 Å². The zero-order valence-electron chi connectivity index (χ0n) is 13.4. The third-order valence-corrected chi connectivity index (χ3v) is 3.72. The van der Waals surface area contributed by atoms with Crippen LogP contribution in [-0.2, 0) is 0 Å². The number of benzene rings is 1. The smallest absolute Gasteiger partial charge is 0.170 e. The lowest BCUT2D eigenvalue weighted by Crippen LogP contribution is -2.05. The van der Waals surface area contributed by atoms with Crippen molar-refractivity contribution in [2.45, 2.75) is 13.8 Å². The summed E-state index contributed by atoms with van der Waals surface area (Å²) in [5.74, 6) is 2.30. The molecule has 0 aliphatic heterocycles. The number of pyridine rings is 1. The van der Waals surface area contributed by atoms with Gasteiger partial charge >= 0.3 is 0 Å². The van der Waals surface area contributed by atoms with Crippen molar-refractivity contribution in [3.8, 4) is 22.8 Å². The molecule has 23 heavy (non-hydrogen) atoms. The predicted molar refractivity (Wildman–Crippen MR) is 90.7 cm³/mol. The van der Waals surface area contributed by atoms with Crippen LogP contribution in [-0.4, -0.2) is 26.9 Å². The minimum Gasteiger partial charge on any atom is -0.495 e. The monoisotopic (exact) mass is 306 g/mol. The largest absolute Gasteiger partial charge is 0.495 e. The molecule has 5 heteroatoms. The van der Waals surface area contributed by atoms with Crippen LogP contribution in [0.1, 0.15) is 17.0 Å². The lowest BCUT2D eigenvalue weighted by molar-refractivity contribution is 0.412. The highest BCUT2D eigenvalue weighted by Gasteiger charge is 2.18. The first-order chi connectivity index (χ1) is 11.2. The summed E-state index contributed by atoms with van der Waals surface area (Å²) in [5.41, 5.74) is 3.84. The average molecular weight is 306 g/mol. The first-order valence-electron chi connectivity index (χ1n) is 7.29. The molecule has 0 fully saturated rings. The van der Waals surface area contributed by atoms with Crippen molar-refractivity contribution in [2.24, 2.45) is 0 Å². The van der Waals surface area contributed by atoms with Crippen molar-refractivity contribution < 1.29 is 4.74 Å². The van der Waals surface area contributed by atoms with Crippen LogP contribution in [0, 0.1) is 13.8 Å². The second kappa shape index (κ2) is 6.04. The van der Waals surface area contributed by atoms with E-state index >= 15 is 0 Å². The van der Waals surface area contributed by atoms with E-state index < -0.39 is 0 Å². The Morgan fingerprint density at radius 1 is 1.17 bits per heavy atom. The van der Waals surface area contributed by atoms with E-state index in [2.05, 4.69) is 21.8 Å². The summed E-state index contributed by atoms with van der Waals surface area (Å²) in [7, 11) is 1.66. The Bertz CT molecular complexity index is 867. The van der Waals surface area contributed by atoms with Gasteiger partial charge in [0, 0.05) is 18.0 Å². The van der Waals surface area contributed by atoms with Gasteiger partial charge in [-0.05, 0) is 37.1 Å². The lowest BCUT2D eigenvalue weighted by atomic mass is 10.1. The molecule has 3 aromatic rings. The molecule has 2 heterocycles. The highest BCUT2D eigenvalue weighted by molar-refractivity contribution is 5.65. The fourth-order valence-corrected chi connectivity index (χ4v) is 2.59. The maximum absolute atomic E-state index is 5.53. The second-order valence-corrected chi connectivity index (χ2v) is 5.24. The van der Waals surface area contributed by atoms with Gasteiger partial charge < -0.3 is 4.74 Å². The number of hydrogen-bond acceptors (Lipinski definition) is 4. The minimum atomic E-state index is 0.728. The highest BCUT2D eigenvalue weighted by Crippen LogP contribution is 2.31. The maximum Gasteiger partial charge on any atom is 0.170 e. The van der Waals surface area contributed by atoms with E-state index in [1.165, 1.54) is 0 Å². The quantitative estimate of drug-likeness (QED) is 0.739. The van der Waals surface area contributed by atoms with Crippen LogP contribution in [0.5, 0.6) is 5.75 Å². The van der Waals surface area contributed by atoms with Gasteiger partial charge in [-0.25, -0.2) is 0 Å². The van der Waals surface area contributed by atoms with Crippen molar-refractivity contribution >= 4 is 6.08 Å². The topological polar surface area (TPSA) is 52.8 Å². The lowest BCUT2D eigenvalue weighted by Gasteiger charge is -2.15. The van der Waals surface area contributed by atoms with Gasteiger partial charge in [-0.15, -0.1) is 10.2 Å². The van der Waals surface area contributed by atoms with Crippen molar-refractivity contribution in [1.29, 1.82) is 0 Å². The van der Waals surface area contributed by atoms with Crippen molar-refractivity contribution in [3.05, 3.63) is 60.2 Å². The number of ether oxygens (including phenoxy) is 1. The molecule has 0 unspecified atom stereocenters. The van der Waals surface area contributed by atoms with Crippen molar-refractivity contribution in [3.63, 3.8) is 0 Å². The molecular formula is C18H18N4O. The van der Waals surface area contributed by atoms with E-state index in [1.54, 1.807) is 25.6 Å². The van der Waals surface area contributed by atoms with Gasteiger partial charge in [0.1, 0.15) is 11.6 Å². The summed E-state index contributed by atoms with van der Waals surface area (Å²) in [6.45, 7) is 7.76. The van der Waals surface area contributed by atoms with E-state index in [0.717, 1.165) is 39.8 Å². The number of rotatable bonds is 4. The molecular weight excluding hydrogens is 288 g/mol. The van der Waals surface area contributed by atoms with E-state index in [-0.39, 0.29) is 0 Å². The van der Waals surface area contributed by atoms with Crippen LogP contribution in [0.15, 0.2) is 43.2 Å². The first kappa shape index (κ1) is 15.0. The molecule has 2 aromatic heterocycles. The van der Waals surface area contributed by atoms with Gasteiger partial charge in [0.05, 0.1) is 12.8 Å². The summed E-state index contributed by atoms with van der Waals surface area (Å²) in [5, 5.41) is 8.58. The van der Waals surface area contributed by atoms with Crippen LogP contribution in [0.4, 0.5) is 0 Å². The van der Waals surface area contributed by atoms with Crippen LogP contribution >= 0.6 is 0 Å². The highest BCUT2D eigenvalue weighted by atomic mass is 16.5. The Labute approximate surface area is 135 Å². The molecule has 0 radical (unpaired) electrons. The Morgan fingerprint density at radius 3 is 2.74 bits per heavy atom. The minimum absolute atomic E-state index is 0.728. The molecule has 0 spiro atoms. The zero-order chi connectivity index (χ0) is 16.4. The molecule has 0 N–H and O–H groups in total. The van der Waals surface area contributed by atoms with Gasteiger partial charge in [0.2, 0.25) is 0 Å². The molecule has 0 aliphatic carbocycles. The number of para-hydroxylation sites is 1. The van der Waals surface area contributed by atoms with Crippen LogP contribution in [0.3, 0.4) is 0 Å². The van der Waals surface area contributed by atoms with E-state index in [4.69, 9.17) is 4.74 Å². The molecule has 116 valence electrons. The molecule has 0 atom stereocenters. The molecule has 0 amide bonds. The molecule has 3 rings (SSSR count). The Kier molecular flexibility index (Phi) is 3.93. The standard InChI is InChI=1S/C18H18N4O/c1-5-14-9-15(11-19-10-14)18-21-20-13(3)22(18)17-12(2)7-6-8-16(17)23-4/h5-11H,1H2,2-4H3. The number of hydrogen-bond donors (Lipinski definition) is 0. The third-order valence-electron chi connectivity index (χ3n) is 3.72. The second-order valence-electron chi connectivity index (χ2n) is 5.24. The summed E-state index contributed by atoms with van der Waals surface area (Å²) >= 11 is 0. The van der Waals surface area contributed by atoms with Crippen LogP contribution < -0.4 is 4.74 Å².